The van der Waals surface area contributed by atoms with Crippen LogP contribution in [0, 0.1) is 31.1 Å². The second-order valence-electron chi connectivity index (χ2n) is 19.3. The molecule has 6 heterocycles. The molecule has 73 heavy (non-hydrogen) atoms. The number of halogens is 1. The number of aliphatic hydroxyl groups is 1. The molecule has 0 aliphatic carbocycles. The van der Waals surface area contributed by atoms with Crippen LogP contribution < -0.4 is 20.0 Å². The normalized spacial score (nSPS) is 19.0. The summed E-state index contributed by atoms with van der Waals surface area (Å²) in [6.45, 7) is 7.45. The molecule has 0 radical (unpaired) electrons. The number of hydrogen-bond donors (Lipinski definition) is 2. The molecule has 0 saturated carbocycles. The molecular formula is C58H50ClN9O5. The number of aryl methyl sites for hydroxylation is 2. The summed E-state index contributed by atoms with van der Waals surface area (Å²) in [5.74, 6) is 0.817. The van der Waals surface area contributed by atoms with Gasteiger partial charge in [0.1, 0.15) is 23.6 Å². The van der Waals surface area contributed by atoms with Crippen molar-refractivity contribution in [3.63, 3.8) is 0 Å². The van der Waals surface area contributed by atoms with Crippen molar-refractivity contribution in [3.05, 3.63) is 183 Å². The largest absolute Gasteiger partial charge is 0.449 e. The highest BCUT2D eigenvalue weighted by molar-refractivity contribution is 6.33. The smallest absolute Gasteiger partial charge is 0.258 e. The first kappa shape index (κ1) is 46.0. The molecule has 0 spiro atoms. The number of nitrogens with zero attached hydrogens (tertiary/aromatic N) is 8. The fraction of sp³-hybridized carbons (Fsp3) is 0.241. The van der Waals surface area contributed by atoms with Gasteiger partial charge in [-0.15, -0.1) is 10.2 Å². The zero-order valence-corrected chi connectivity index (χ0v) is 41.2. The fourth-order valence-corrected chi connectivity index (χ4v) is 11.9. The molecule has 2 aromatic heterocycles. The van der Waals surface area contributed by atoms with Crippen molar-refractivity contribution in [2.45, 2.75) is 38.3 Å². The lowest BCUT2D eigenvalue weighted by atomic mass is 9.70. The van der Waals surface area contributed by atoms with E-state index in [0.717, 1.165) is 50.4 Å². The van der Waals surface area contributed by atoms with Crippen LogP contribution in [0.3, 0.4) is 0 Å². The topological polar surface area (TPSA) is 168 Å². The number of rotatable bonds is 7. The van der Waals surface area contributed by atoms with Crippen LogP contribution in [0.4, 0.5) is 22.7 Å². The number of nitriles is 1. The predicted octanol–water partition coefficient (Wildman–Crippen LogP) is 10.4. The van der Waals surface area contributed by atoms with Gasteiger partial charge in [-0.05, 0) is 102 Å². The maximum absolute atomic E-state index is 14.6. The van der Waals surface area contributed by atoms with Crippen LogP contribution in [0.5, 0.6) is 0 Å². The highest BCUT2D eigenvalue weighted by Crippen LogP contribution is 2.51. The van der Waals surface area contributed by atoms with Crippen LogP contribution in [0.1, 0.15) is 79.2 Å². The maximum atomic E-state index is 14.6. The van der Waals surface area contributed by atoms with E-state index in [1.165, 1.54) is 0 Å². The van der Waals surface area contributed by atoms with E-state index >= 15 is 0 Å². The third-order valence-corrected chi connectivity index (χ3v) is 15.6. The molecule has 12 rings (SSSR count). The SMILES string of the molecule is Cc1nc(-c2ccc(N3CCN(C4c5ccccc5NC(=O)c5ccc(-c6ccc7c(c6)N(C)C(=O)c6ccccc6C7(O)C6CCN(c7ccc(-c8nnc(C)o8)cc7Cl)CC6)cc54)CC3)c(C#N)c2)co1. The standard InChI is InChI=1S/C58H50ClN9O5/c1-34-61-50(33-72-34)38-14-18-51(40(28-38)32-60)67-24-26-68(27-25-67)54-44-9-5-7-11-49(44)62-55(69)42-16-12-36(29-45(42)54)37-13-17-47-53(31-37)65(3)57(70)43-8-4-6-10-46(43)58(47,71)41-20-22-66(23-21-41)52-19-15-39(30-48(52)59)56-64-63-35(2)73-56/h4-19,28-31,33,41,54,71H,20-27H2,1-3H3,(H,62,69). The molecule has 6 aromatic carbocycles. The molecule has 4 aliphatic heterocycles. The first-order valence-corrected chi connectivity index (χ1v) is 24.9. The minimum absolute atomic E-state index is 0.185. The number of nitrogens with one attached hydrogen (secondary N) is 1. The molecule has 364 valence electrons. The zero-order chi connectivity index (χ0) is 50.1. The number of piperidine rings is 1. The van der Waals surface area contributed by atoms with Gasteiger partial charge >= 0.3 is 0 Å². The quantitative estimate of drug-likeness (QED) is 0.155. The Kier molecular flexibility index (Phi) is 11.5. The zero-order valence-electron chi connectivity index (χ0n) is 40.5. The van der Waals surface area contributed by atoms with Gasteiger partial charge in [0.15, 0.2) is 5.89 Å². The lowest BCUT2D eigenvalue weighted by Crippen LogP contribution is -2.48. The Hall–Kier alpha value is -8.09. The lowest BCUT2D eigenvalue weighted by Gasteiger charge is -2.43. The molecule has 8 aromatic rings. The highest BCUT2D eigenvalue weighted by atomic mass is 35.5. The third kappa shape index (κ3) is 7.92. The fourth-order valence-electron chi connectivity index (χ4n) is 11.6. The van der Waals surface area contributed by atoms with Gasteiger partial charge in [0, 0.05) is 99.2 Å². The Labute approximate surface area is 427 Å². The van der Waals surface area contributed by atoms with Gasteiger partial charge in [0.2, 0.25) is 11.8 Å². The Morgan fingerprint density at radius 1 is 0.712 bits per heavy atom. The summed E-state index contributed by atoms with van der Waals surface area (Å²) in [7, 11) is 1.77. The van der Waals surface area contributed by atoms with Crippen LogP contribution in [-0.4, -0.2) is 83.3 Å². The molecular weight excluding hydrogens is 938 g/mol. The van der Waals surface area contributed by atoms with E-state index in [0.29, 0.717) is 114 Å². The highest BCUT2D eigenvalue weighted by Gasteiger charge is 2.48. The van der Waals surface area contributed by atoms with Gasteiger partial charge in [-0.25, -0.2) is 4.98 Å². The summed E-state index contributed by atoms with van der Waals surface area (Å²) in [5, 5.41) is 35.7. The van der Waals surface area contributed by atoms with E-state index in [4.69, 9.17) is 20.4 Å². The summed E-state index contributed by atoms with van der Waals surface area (Å²) >= 11 is 6.90. The van der Waals surface area contributed by atoms with Crippen LogP contribution >= 0.6 is 11.6 Å². The third-order valence-electron chi connectivity index (χ3n) is 15.3. The van der Waals surface area contributed by atoms with Gasteiger partial charge in [-0.1, -0.05) is 72.3 Å². The van der Waals surface area contributed by atoms with Crippen LogP contribution in [0.25, 0.3) is 33.8 Å². The molecule has 14 nitrogen and oxygen atoms in total. The van der Waals surface area contributed by atoms with Crippen LogP contribution in [0.15, 0.2) is 136 Å². The summed E-state index contributed by atoms with van der Waals surface area (Å²) in [5.41, 5.74) is 10.3. The number of aromatic nitrogens is 3. The molecule has 2 amide bonds. The number of hydrogen-bond acceptors (Lipinski definition) is 12. The summed E-state index contributed by atoms with van der Waals surface area (Å²) < 4.78 is 11.1. The number of carbonyl (C=O) groups excluding carboxylic acids is 2. The maximum Gasteiger partial charge on any atom is 0.258 e. The van der Waals surface area contributed by atoms with Crippen molar-refractivity contribution in [3.8, 4) is 39.9 Å². The monoisotopic (exact) mass is 987 g/mol. The van der Waals surface area contributed by atoms with Gasteiger partial charge in [0.25, 0.3) is 11.8 Å². The summed E-state index contributed by atoms with van der Waals surface area (Å²) in [4.78, 5) is 41.7. The predicted molar refractivity (Wildman–Crippen MR) is 280 cm³/mol. The Morgan fingerprint density at radius 3 is 2.18 bits per heavy atom. The lowest BCUT2D eigenvalue weighted by molar-refractivity contribution is 0.00556. The first-order chi connectivity index (χ1) is 35.5. The Bertz CT molecular complexity index is 3550. The number of benzene rings is 6. The van der Waals surface area contributed by atoms with Crippen molar-refractivity contribution >= 4 is 46.2 Å². The van der Waals surface area contributed by atoms with Gasteiger partial charge in [0.05, 0.1) is 33.7 Å². The number of piperazine rings is 1. The number of amides is 2. The second kappa shape index (κ2) is 18.2. The number of para-hydroxylation sites is 1. The minimum Gasteiger partial charge on any atom is -0.449 e. The van der Waals surface area contributed by atoms with E-state index < -0.39 is 5.60 Å². The molecule has 2 unspecified atom stereocenters. The van der Waals surface area contributed by atoms with E-state index in [1.807, 2.05) is 109 Å². The van der Waals surface area contributed by atoms with Crippen LogP contribution in [0.2, 0.25) is 5.02 Å². The second-order valence-corrected chi connectivity index (χ2v) is 19.7. The summed E-state index contributed by atoms with van der Waals surface area (Å²) in [6.07, 6.45) is 2.86. The number of carbonyl (C=O) groups is 2. The van der Waals surface area contributed by atoms with Gasteiger partial charge in [-0.2, -0.15) is 5.26 Å². The van der Waals surface area contributed by atoms with Crippen molar-refractivity contribution in [2.75, 3.05) is 66.3 Å². The minimum atomic E-state index is -1.50. The Morgan fingerprint density at radius 2 is 1.42 bits per heavy atom. The molecule has 2 atom stereocenters. The molecule has 2 fully saturated rings. The number of anilines is 4. The average molecular weight is 989 g/mol. The number of fused-ring (bicyclic) bond motifs is 4. The molecule has 4 aliphatic rings. The van der Waals surface area contributed by atoms with Gasteiger partial charge < -0.3 is 34.0 Å². The molecule has 2 saturated heterocycles. The average Bonchev–Trinajstić information content (AvgIpc) is 4.04. The van der Waals surface area contributed by atoms with Crippen LogP contribution in [-0.2, 0) is 5.60 Å². The molecule has 15 heteroatoms. The van der Waals surface area contributed by atoms with Crippen molar-refractivity contribution < 1.29 is 23.5 Å². The van der Waals surface area contributed by atoms with E-state index in [9.17, 15) is 20.0 Å². The van der Waals surface area contributed by atoms with Gasteiger partial charge in [-0.3, -0.25) is 14.5 Å². The summed E-state index contributed by atoms with van der Waals surface area (Å²) in [6, 6.07) is 41.1. The van der Waals surface area contributed by atoms with E-state index in [-0.39, 0.29) is 23.8 Å². The van der Waals surface area contributed by atoms with E-state index in [1.54, 1.807) is 32.1 Å². The Balaban J connectivity index is 0.865. The van der Waals surface area contributed by atoms with E-state index in [2.05, 4.69) is 53.4 Å². The number of oxazole rings is 1. The first-order valence-electron chi connectivity index (χ1n) is 24.6. The van der Waals surface area contributed by atoms with Crippen molar-refractivity contribution in [1.82, 2.24) is 20.1 Å². The van der Waals surface area contributed by atoms with Crippen molar-refractivity contribution in [2.24, 2.45) is 5.92 Å². The molecule has 0 bridgehead atoms. The molecule has 2 N–H and O–H groups in total. The van der Waals surface area contributed by atoms with Crippen molar-refractivity contribution in [1.29, 1.82) is 5.26 Å².